The highest BCUT2D eigenvalue weighted by atomic mass is 16.4. The van der Waals surface area contributed by atoms with Gasteiger partial charge in [0, 0.05) is 30.7 Å². The van der Waals surface area contributed by atoms with Crippen LogP contribution in [0.15, 0.2) is 53.3 Å². The summed E-state index contributed by atoms with van der Waals surface area (Å²) in [6.07, 6.45) is 14.0. The van der Waals surface area contributed by atoms with Crippen LogP contribution < -0.4 is 10.9 Å². The molecule has 2 aromatic carbocycles. The quantitative estimate of drug-likeness (QED) is 0.420. The van der Waals surface area contributed by atoms with Gasteiger partial charge < -0.3 is 15.0 Å². The molecule has 2 aliphatic heterocycles. The molecule has 3 atom stereocenters. The average molecular weight is 515 g/mol. The minimum atomic E-state index is -0.960. The summed E-state index contributed by atoms with van der Waals surface area (Å²) in [6.45, 7) is 0.340. The first-order chi connectivity index (χ1) is 18.6. The SMILES string of the molecule is O=C(O)c1cccc(CNc2nc3ccccc3n(C3C[C@H]4CC[C@@H](C3)N4C3CCCCCCC3)c2=O)c1. The summed E-state index contributed by atoms with van der Waals surface area (Å²) in [4.78, 5) is 32.8. The van der Waals surface area contributed by atoms with Gasteiger partial charge in [-0.15, -0.1) is 0 Å². The first-order valence-electron chi connectivity index (χ1n) is 14.4. The van der Waals surface area contributed by atoms with Crippen molar-refractivity contribution in [3.8, 4) is 0 Å². The number of rotatable bonds is 6. The second-order valence-corrected chi connectivity index (χ2v) is 11.4. The maximum absolute atomic E-state index is 13.9. The Labute approximate surface area is 223 Å². The van der Waals surface area contributed by atoms with E-state index in [4.69, 9.17) is 4.98 Å². The molecule has 0 amide bonds. The smallest absolute Gasteiger partial charge is 0.335 e. The molecule has 2 saturated heterocycles. The summed E-state index contributed by atoms with van der Waals surface area (Å²) in [5, 5.41) is 12.6. The summed E-state index contributed by atoms with van der Waals surface area (Å²) < 4.78 is 2.01. The van der Waals surface area contributed by atoms with Crippen LogP contribution in [0.3, 0.4) is 0 Å². The van der Waals surface area contributed by atoms with Gasteiger partial charge in [-0.2, -0.15) is 0 Å². The Morgan fingerprint density at radius 1 is 0.868 bits per heavy atom. The minimum absolute atomic E-state index is 0.0816. The van der Waals surface area contributed by atoms with Crippen molar-refractivity contribution in [3.05, 3.63) is 70.0 Å². The lowest BCUT2D eigenvalue weighted by molar-refractivity contribution is 0.0498. The number of aromatic nitrogens is 2. The van der Waals surface area contributed by atoms with Crippen molar-refractivity contribution in [1.29, 1.82) is 0 Å². The maximum Gasteiger partial charge on any atom is 0.335 e. The number of anilines is 1. The second kappa shape index (κ2) is 10.9. The Balaban J connectivity index is 1.27. The van der Waals surface area contributed by atoms with E-state index < -0.39 is 5.97 Å². The van der Waals surface area contributed by atoms with Crippen LogP contribution in [0.25, 0.3) is 11.0 Å². The summed E-state index contributed by atoms with van der Waals surface area (Å²) in [5.74, 6) is -0.627. The third-order valence-corrected chi connectivity index (χ3v) is 9.05. The number of carboxylic acid groups (broad SMARTS) is 1. The molecule has 1 saturated carbocycles. The fraction of sp³-hybridized carbons (Fsp3) is 0.516. The fourth-order valence-corrected chi connectivity index (χ4v) is 7.36. The lowest BCUT2D eigenvalue weighted by Crippen LogP contribution is -2.50. The van der Waals surface area contributed by atoms with Crippen LogP contribution in [0, 0.1) is 0 Å². The molecule has 2 N–H and O–H groups in total. The molecule has 1 aliphatic carbocycles. The molecule has 3 fully saturated rings. The standard InChI is InChI=1S/C31H38N4O3/c36-30-29(32-20-21-9-8-10-22(17-21)31(37)38)33-27-13-6-7-14-28(27)35(30)26-18-24-15-16-25(19-26)34(24)23-11-4-2-1-3-5-12-23/h6-10,13-14,17,23-26H,1-5,11-12,15-16,18-20H2,(H,32,33)(H,37,38)/t24-,25+,26?. The highest BCUT2D eigenvalue weighted by Crippen LogP contribution is 2.44. The molecule has 38 heavy (non-hydrogen) atoms. The molecule has 1 aromatic heterocycles. The van der Waals surface area contributed by atoms with Crippen molar-refractivity contribution >= 4 is 22.8 Å². The van der Waals surface area contributed by atoms with Gasteiger partial charge in [0.15, 0.2) is 5.82 Å². The molecule has 2 bridgehead atoms. The molecule has 3 aliphatic rings. The van der Waals surface area contributed by atoms with E-state index in [1.54, 1.807) is 18.2 Å². The van der Waals surface area contributed by atoms with Gasteiger partial charge in [-0.25, -0.2) is 9.78 Å². The number of hydrogen-bond acceptors (Lipinski definition) is 5. The van der Waals surface area contributed by atoms with Crippen molar-refractivity contribution in [1.82, 2.24) is 14.5 Å². The predicted octanol–water partition coefficient (Wildman–Crippen LogP) is 5.99. The number of benzene rings is 2. The topological polar surface area (TPSA) is 87.5 Å². The molecule has 1 unspecified atom stereocenters. The number of carbonyl (C=O) groups is 1. The highest BCUT2D eigenvalue weighted by Gasteiger charge is 2.44. The van der Waals surface area contributed by atoms with Crippen molar-refractivity contribution in [3.63, 3.8) is 0 Å². The van der Waals surface area contributed by atoms with Gasteiger partial charge in [-0.05, 0) is 68.4 Å². The molecule has 6 rings (SSSR count). The molecule has 0 radical (unpaired) electrons. The third-order valence-electron chi connectivity index (χ3n) is 9.05. The lowest BCUT2D eigenvalue weighted by atomic mass is 9.89. The second-order valence-electron chi connectivity index (χ2n) is 11.4. The third kappa shape index (κ3) is 4.96. The fourth-order valence-electron chi connectivity index (χ4n) is 7.36. The first-order valence-corrected chi connectivity index (χ1v) is 14.4. The zero-order valence-electron chi connectivity index (χ0n) is 22.0. The number of nitrogens with zero attached hydrogens (tertiary/aromatic N) is 3. The predicted molar refractivity (Wildman–Crippen MR) is 150 cm³/mol. The van der Waals surface area contributed by atoms with E-state index in [0.29, 0.717) is 30.5 Å². The van der Waals surface area contributed by atoms with Gasteiger partial charge in [0.25, 0.3) is 5.56 Å². The maximum atomic E-state index is 13.9. The van der Waals surface area contributed by atoms with Gasteiger partial charge in [0.05, 0.1) is 16.6 Å². The van der Waals surface area contributed by atoms with E-state index in [1.807, 2.05) is 34.9 Å². The van der Waals surface area contributed by atoms with Crippen LogP contribution in [-0.4, -0.2) is 43.7 Å². The van der Waals surface area contributed by atoms with E-state index >= 15 is 0 Å². The number of nitrogens with one attached hydrogen (secondary N) is 1. The van der Waals surface area contributed by atoms with Crippen LogP contribution in [-0.2, 0) is 6.54 Å². The summed E-state index contributed by atoms with van der Waals surface area (Å²) >= 11 is 0. The molecule has 3 aromatic rings. The van der Waals surface area contributed by atoms with Gasteiger partial charge in [-0.3, -0.25) is 9.69 Å². The van der Waals surface area contributed by atoms with Crippen molar-refractivity contribution in [2.45, 2.75) is 101 Å². The molecule has 0 spiro atoms. The lowest BCUT2D eigenvalue weighted by Gasteiger charge is -2.45. The Bertz CT molecular complexity index is 1350. The van der Waals surface area contributed by atoms with E-state index in [9.17, 15) is 14.7 Å². The van der Waals surface area contributed by atoms with Gasteiger partial charge in [-0.1, -0.05) is 56.4 Å². The Hall–Kier alpha value is -3.19. The number of para-hydroxylation sites is 2. The van der Waals surface area contributed by atoms with Crippen LogP contribution in [0.5, 0.6) is 0 Å². The first kappa shape index (κ1) is 25.1. The van der Waals surface area contributed by atoms with E-state index in [2.05, 4.69) is 10.2 Å². The van der Waals surface area contributed by atoms with E-state index in [-0.39, 0.29) is 17.2 Å². The Morgan fingerprint density at radius 2 is 1.58 bits per heavy atom. The number of aromatic carboxylic acids is 1. The summed E-state index contributed by atoms with van der Waals surface area (Å²) in [6, 6.07) is 16.7. The molecule has 7 heteroatoms. The van der Waals surface area contributed by atoms with Crippen molar-refractivity contribution in [2.24, 2.45) is 0 Å². The molecule has 7 nitrogen and oxygen atoms in total. The van der Waals surface area contributed by atoms with Gasteiger partial charge in [0.1, 0.15) is 0 Å². The van der Waals surface area contributed by atoms with Crippen LogP contribution in [0.2, 0.25) is 0 Å². The number of fused-ring (bicyclic) bond motifs is 3. The monoisotopic (exact) mass is 514 g/mol. The number of carboxylic acids is 1. The Kier molecular flexibility index (Phi) is 7.20. The highest BCUT2D eigenvalue weighted by molar-refractivity contribution is 5.87. The molecule has 200 valence electrons. The van der Waals surface area contributed by atoms with Crippen LogP contribution in [0.4, 0.5) is 5.82 Å². The summed E-state index contributed by atoms with van der Waals surface area (Å²) in [5.41, 5.74) is 2.67. The van der Waals surface area contributed by atoms with Crippen molar-refractivity contribution < 1.29 is 9.90 Å². The Morgan fingerprint density at radius 3 is 2.32 bits per heavy atom. The zero-order chi connectivity index (χ0) is 26.1. The number of hydrogen-bond donors (Lipinski definition) is 2. The van der Waals surface area contributed by atoms with E-state index in [0.717, 1.165) is 29.4 Å². The van der Waals surface area contributed by atoms with Crippen LogP contribution >= 0.6 is 0 Å². The number of piperidine rings is 1. The normalized spacial score (nSPS) is 24.7. The van der Waals surface area contributed by atoms with E-state index in [1.165, 1.54) is 57.8 Å². The average Bonchev–Trinajstić information content (AvgIpc) is 3.16. The minimum Gasteiger partial charge on any atom is -0.478 e. The largest absolute Gasteiger partial charge is 0.478 e. The van der Waals surface area contributed by atoms with Gasteiger partial charge in [0.2, 0.25) is 0 Å². The van der Waals surface area contributed by atoms with Crippen LogP contribution in [0.1, 0.15) is 92.6 Å². The molecular weight excluding hydrogens is 476 g/mol. The summed E-state index contributed by atoms with van der Waals surface area (Å²) in [7, 11) is 0. The molecular formula is C31H38N4O3. The van der Waals surface area contributed by atoms with Gasteiger partial charge >= 0.3 is 5.97 Å². The molecule has 3 heterocycles. The van der Waals surface area contributed by atoms with Crippen molar-refractivity contribution in [2.75, 3.05) is 5.32 Å². The zero-order valence-corrected chi connectivity index (χ0v) is 22.0.